The lowest BCUT2D eigenvalue weighted by Crippen LogP contribution is -2.35. The van der Waals surface area contributed by atoms with E-state index in [1.807, 2.05) is 6.20 Å². The Bertz CT molecular complexity index is 365. The minimum Gasteiger partial charge on any atom is -0.355 e. The third kappa shape index (κ3) is 2.57. The summed E-state index contributed by atoms with van der Waals surface area (Å²) in [4.78, 5) is 6.97. The summed E-state index contributed by atoms with van der Waals surface area (Å²) in [7, 11) is 0. The van der Waals surface area contributed by atoms with Crippen LogP contribution < -0.4 is 4.90 Å². The van der Waals surface area contributed by atoms with Crippen molar-refractivity contribution in [2.45, 2.75) is 33.1 Å². The number of halogens is 1. The Morgan fingerprint density at radius 3 is 3.06 bits per heavy atom. The number of rotatable bonds is 2. The van der Waals surface area contributed by atoms with Gasteiger partial charge >= 0.3 is 0 Å². The zero-order chi connectivity index (χ0) is 11.5. The molecule has 2 rings (SSSR count). The van der Waals surface area contributed by atoms with Gasteiger partial charge in [-0.1, -0.05) is 13.3 Å². The Morgan fingerprint density at radius 1 is 1.56 bits per heavy atom. The number of aromatic nitrogens is 1. The Kier molecular flexibility index (Phi) is 3.85. The normalized spacial score (nSPS) is 21.2. The monoisotopic (exact) mass is 282 g/mol. The molecule has 1 atom stereocenters. The Morgan fingerprint density at radius 2 is 2.38 bits per heavy atom. The molecule has 88 valence electrons. The average Bonchev–Trinajstić information content (AvgIpc) is 2.29. The number of nitrogens with zero attached hydrogens (tertiary/aromatic N) is 2. The second-order valence-corrected chi connectivity index (χ2v) is 5.53. The molecule has 2 heterocycles. The van der Waals surface area contributed by atoms with Gasteiger partial charge in [-0.3, -0.25) is 0 Å². The van der Waals surface area contributed by atoms with E-state index in [1.54, 1.807) is 0 Å². The molecule has 0 saturated carbocycles. The summed E-state index contributed by atoms with van der Waals surface area (Å²) in [6, 6.07) is 2.15. The number of hydrogen-bond acceptors (Lipinski definition) is 2. The molecule has 1 aliphatic rings. The average molecular weight is 283 g/mol. The summed E-state index contributed by atoms with van der Waals surface area (Å²) in [6.07, 6.45) is 5.90. The third-order valence-electron chi connectivity index (χ3n) is 3.35. The first kappa shape index (κ1) is 11.9. The van der Waals surface area contributed by atoms with Gasteiger partial charge in [0.2, 0.25) is 0 Å². The van der Waals surface area contributed by atoms with Gasteiger partial charge in [0, 0.05) is 19.3 Å². The molecule has 0 radical (unpaired) electrons. The van der Waals surface area contributed by atoms with E-state index >= 15 is 0 Å². The SMILES string of the molecule is CCC1CCCN(c2ncc(C)cc2Br)C1. The molecule has 2 nitrogen and oxygen atoms in total. The second kappa shape index (κ2) is 5.17. The largest absolute Gasteiger partial charge is 0.355 e. The van der Waals surface area contributed by atoms with Gasteiger partial charge in [-0.05, 0) is 53.2 Å². The van der Waals surface area contributed by atoms with E-state index in [2.05, 4.69) is 45.7 Å². The topological polar surface area (TPSA) is 16.1 Å². The lowest BCUT2D eigenvalue weighted by molar-refractivity contribution is 0.402. The van der Waals surface area contributed by atoms with E-state index in [1.165, 1.54) is 24.8 Å². The first-order chi connectivity index (χ1) is 7.70. The van der Waals surface area contributed by atoms with Crippen LogP contribution in [0.3, 0.4) is 0 Å². The minimum atomic E-state index is 0.837. The minimum absolute atomic E-state index is 0.837. The maximum Gasteiger partial charge on any atom is 0.142 e. The van der Waals surface area contributed by atoms with Crippen LogP contribution in [0.4, 0.5) is 5.82 Å². The Labute approximate surface area is 106 Å². The summed E-state index contributed by atoms with van der Waals surface area (Å²) in [5.41, 5.74) is 1.21. The van der Waals surface area contributed by atoms with Gasteiger partial charge in [0.1, 0.15) is 5.82 Å². The number of aryl methyl sites for hydroxylation is 1. The second-order valence-electron chi connectivity index (χ2n) is 4.68. The van der Waals surface area contributed by atoms with Crippen molar-refractivity contribution in [2.24, 2.45) is 5.92 Å². The van der Waals surface area contributed by atoms with Gasteiger partial charge in [-0.2, -0.15) is 0 Å². The molecule has 0 N–H and O–H groups in total. The molecule has 0 aliphatic carbocycles. The molecule has 16 heavy (non-hydrogen) atoms. The summed E-state index contributed by atoms with van der Waals surface area (Å²) in [5.74, 6) is 1.95. The molecule has 3 heteroatoms. The van der Waals surface area contributed by atoms with E-state index in [-0.39, 0.29) is 0 Å². The standard InChI is InChI=1S/C13H19BrN2/c1-3-11-5-4-6-16(9-11)13-12(14)7-10(2)8-15-13/h7-8,11H,3-6,9H2,1-2H3. The van der Waals surface area contributed by atoms with Gasteiger partial charge < -0.3 is 4.90 Å². The van der Waals surface area contributed by atoms with E-state index in [9.17, 15) is 0 Å². The van der Waals surface area contributed by atoms with E-state index in [4.69, 9.17) is 0 Å². The lowest BCUT2D eigenvalue weighted by atomic mass is 9.96. The van der Waals surface area contributed by atoms with Crippen molar-refractivity contribution in [1.29, 1.82) is 0 Å². The van der Waals surface area contributed by atoms with Crippen LogP contribution in [0.25, 0.3) is 0 Å². The molecule has 1 unspecified atom stereocenters. The Balaban J connectivity index is 2.16. The van der Waals surface area contributed by atoms with Crippen LogP contribution in [0.5, 0.6) is 0 Å². The molecule has 1 saturated heterocycles. The molecule has 0 bridgehead atoms. The van der Waals surface area contributed by atoms with Crippen LogP contribution in [0.1, 0.15) is 31.7 Å². The van der Waals surface area contributed by atoms with Crippen molar-refractivity contribution < 1.29 is 0 Å². The van der Waals surface area contributed by atoms with Crippen molar-refractivity contribution in [3.63, 3.8) is 0 Å². The number of anilines is 1. The van der Waals surface area contributed by atoms with Gasteiger partial charge in [0.15, 0.2) is 0 Å². The highest BCUT2D eigenvalue weighted by molar-refractivity contribution is 9.10. The van der Waals surface area contributed by atoms with Crippen LogP contribution in [0, 0.1) is 12.8 Å². The first-order valence-corrected chi connectivity index (χ1v) is 6.87. The van der Waals surface area contributed by atoms with E-state index < -0.39 is 0 Å². The van der Waals surface area contributed by atoms with Gasteiger partial charge in [0.25, 0.3) is 0 Å². The zero-order valence-corrected chi connectivity index (χ0v) is 11.6. The fraction of sp³-hybridized carbons (Fsp3) is 0.615. The van der Waals surface area contributed by atoms with E-state index in [0.717, 1.165) is 29.3 Å². The highest BCUT2D eigenvalue weighted by atomic mass is 79.9. The number of hydrogen-bond donors (Lipinski definition) is 0. The predicted octanol–water partition coefficient (Wildman–Crippen LogP) is 3.78. The smallest absolute Gasteiger partial charge is 0.142 e. The summed E-state index contributed by atoms with van der Waals surface area (Å²) >= 11 is 3.62. The van der Waals surface area contributed by atoms with E-state index in [0.29, 0.717) is 0 Å². The van der Waals surface area contributed by atoms with Crippen LogP contribution in [-0.4, -0.2) is 18.1 Å². The van der Waals surface area contributed by atoms with Crippen molar-refractivity contribution in [3.05, 3.63) is 22.3 Å². The van der Waals surface area contributed by atoms with Crippen LogP contribution in [0.2, 0.25) is 0 Å². The Hall–Kier alpha value is -0.570. The van der Waals surface area contributed by atoms with Crippen LogP contribution >= 0.6 is 15.9 Å². The maximum absolute atomic E-state index is 4.55. The quantitative estimate of drug-likeness (QED) is 0.821. The molecular formula is C13H19BrN2. The van der Waals surface area contributed by atoms with Gasteiger partial charge in [0.05, 0.1) is 4.47 Å². The molecule has 1 aliphatic heterocycles. The van der Waals surface area contributed by atoms with Crippen molar-refractivity contribution in [1.82, 2.24) is 4.98 Å². The lowest BCUT2D eigenvalue weighted by Gasteiger charge is -2.33. The molecule has 0 amide bonds. The molecule has 0 aromatic carbocycles. The molecule has 1 aromatic rings. The van der Waals surface area contributed by atoms with Crippen LogP contribution in [0.15, 0.2) is 16.7 Å². The summed E-state index contributed by atoms with van der Waals surface area (Å²) < 4.78 is 1.13. The third-order valence-corrected chi connectivity index (χ3v) is 3.94. The fourth-order valence-corrected chi connectivity index (χ4v) is 3.06. The van der Waals surface area contributed by atoms with Gasteiger partial charge in [-0.15, -0.1) is 0 Å². The predicted molar refractivity (Wildman–Crippen MR) is 71.9 cm³/mol. The summed E-state index contributed by atoms with van der Waals surface area (Å²) in [6.45, 7) is 6.66. The van der Waals surface area contributed by atoms with Gasteiger partial charge in [-0.25, -0.2) is 4.98 Å². The number of pyridine rings is 1. The molecular weight excluding hydrogens is 264 g/mol. The first-order valence-electron chi connectivity index (χ1n) is 6.07. The molecule has 1 fully saturated rings. The zero-order valence-electron chi connectivity index (χ0n) is 10.0. The molecule has 1 aromatic heterocycles. The fourth-order valence-electron chi connectivity index (χ4n) is 2.35. The highest BCUT2D eigenvalue weighted by Crippen LogP contribution is 2.29. The van der Waals surface area contributed by atoms with Crippen molar-refractivity contribution >= 4 is 21.7 Å². The maximum atomic E-state index is 4.55. The van der Waals surface area contributed by atoms with Crippen molar-refractivity contribution in [2.75, 3.05) is 18.0 Å². The van der Waals surface area contributed by atoms with Crippen molar-refractivity contribution in [3.8, 4) is 0 Å². The molecule has 0 spiro atoms. The van der Waals surface area contributed by atoms with Crippen LogP contribution in [-0.2, 0) is 0 Å². The highest BCUT2D eigenvalue weighted by Gasteiger charge is 2.20. The summed E-state index contributed by atoms with van der Waals surface area (Å²) in [5, 5.41) is 0. The number of piperidine rings is 1.